The van der Waals surface area contributed by atoms with E-state index in [9.17, 15) is 0 Å². The first-order chi connectivity index (χ1) is 16.0. The van der Waals surface area contributed by atoms with Crippen LogP contribution in [-0.2, 0) is 11.2 Å². The van der Waals surface area contributed by atoms with Crippen LogP contribution in [0, 0.1) is 18.6 Å². The van der Waals surface area contributed by atoms with E-state index in [0.717, 1.165) is 36.9 Å². The molecule has 3 aromatic heterocycles. The average molecular weight is 454 g/mol. The van der Waals surface area contributed by atoms with Crippen molar-refractivity contribution in [3.63, 3.8) is 0 Å². The fourth-order valence-electron chi connectivity index (χ4n) is 4.05. The number of nitrogens with zero attached hydrogens (tertiary/aromatic N) is 4. The van der Waals surface area contributed by atoms with E-state index in [0.29, 0.717) is 35.8 Å². The maximum Gasteiger partial charge on any atom is 0.155 e. The molecule has 0 aliphatic rings. The van der Waals surface area contributed by atoms with Crippen molar-refractivity contribution < 1.29 is 13.5 Å². The topological polar surface area (TPSA) is 68.1 Å². The van der Waals surface area contributed by atoms with Crippen LogP contribution < -0.4 is 0 Å². The van der Waals surface area contributed by atoms with Gasteiger partial charge in [-0.25, -0.2) is 18.7 Å². The highest BCUT2D eigenvalue weighted by atomic mass is 19.1. The molecular weight excluding hydrogens is 424 g/mol. The van der Waals surface area contributed by atoms with Gasteiger partial charge in [0.25, 0.3) is 0 Å². The van der Waals surface area contributed by atoms with Crippen LogP contribution in [0.25, 0.3) is 28.3 Å². The molecule has 4 aromatic rings. The lowest BCUT2D eigenvalue weighted by atomic mass is 10.0. The molecule has 0 aliphatic carbocycles. The van der Waals surface area contributed by atoms with Crippen LogP contribution in [-0.4, -0.2) is 37.3 Å². The van der Waals surface area contributed by atoms with E-state index in [4.69, 9.17) is 4.74 Å². The minimum absolute atomic E-state index is 0.0514. The Morgan fingerprint density at radius 3 is 2.58 bits per heavy atom. The van der Waals surface area contributed by atoms with Gasteiger partial charge in [-0.2, -0.15) is 5.10 Å². The molecule has 0 spiro atoms. The Morgan fingerprint density at radius 2 is 1.91 bits per heavy atom. The number of halogens is 2. The number of ether oxygens (including phenoxy) is 1. The highest BCUT2D eigenvalue weighted by Gasteiger charge is 2.24. The molecule has 3 heterocycles. The van der Waals surface area contributed by atoms with Crippen molar-refractivity contribution in [2.45, 2.75) is 59.0 Å². The lowest BCUT2D eigenvalue weighted by molar-refractivity contribution is 0.0460. The molecule has 0 saturated carbocycles. The molecular formula is C25H29F2N5O. The van der Waals surface area contributed by atoms with Crippen LogP contribution in [0.3, 0.4) is 0 Å². The van der Waals surface area contributed by atoms with E-state index in [1.165, 1.54) is 18.5 Å². The van der Waals surface area contributed by atoms with Gasteiger partial charge in [-0.1, -0.05) is 26.7 Å². The maximum absolute atomic E-state index is 15.3. The number of aromatic amines is 1. The Morgan fingerprint density at radius 1 is 1.12 bits per heavy atom. The van der Waals surface area contributed by atoms with Gasteiger partial charge in [-0.3, -0.25) is 5.10 Å². The Hall–Kier alpha value is -3.13. The number of aryl methyl sites for hydroxylation is 1. The number of rotatable bonds is 10. The third-order valence-corrected chi connectivity index (χ3v) is 5.71. The van der Waals surface area contributed by atoms with Crippen molar-refractivity contribution in [1.82, 2.24) is 24.6 Å². The predicted molar refractivity (Wildman–Crippen MR) is 124 cm³/mol. The second kappa shape index (κ2) is 10.2. The van der Waals surface area contributed by atoms with Crippen molar-refractivity contribution in [3.8, 4) is 22.6 Å². The number of benzene rings is 1. The van der Waals surface area contributed by atoms with Crippen molar-refractivity contribution >= 4 is 5.65 Å². The van der Waals surface area contributed by atoms with Crippen LogP contribution in [0.2, 0.25) is 0 Å². The summed E-state index contributed by atoms with van der Waals surface area (Å²) in [7, 11) is 0. The van der Waals surface area contributed by atoms with Gasteiger partial charge in [0.05, 0.1) is 23.1 Å². The summed E-state index contributed by atoms with van der Waals surface area (Å²) < 4.78 is 38.7. The molecule has 0 aliphatic heterocycles. The maximum atomic E-state index is 15.3. The number of unbranched alkanes of at least 4 members (excludes halogenated alkanes) is 1. The SMILES string of the molecule is CCCCC(Cc1c(-c2c(F)cc(-c3ncn[nH]3)cc2F)nc2cc(C)ccn12)OCCC. The zero-order valence-corrected chi connectivity index (χ0v) is 19.2. The molecule has 6 nitrogen and oxygen atoms in total. The molecule has 0 fully saturated rings. The van der Waals surface area contributed by atoms with Crippen LogP contribution in [0.4, 0.5) is 8.78 Å². The minimum Gasteiger partial charge on any atom is -0.378 e. The van der Waals surface area contributed by atoms with Crippen LogP contribution in [0.5, 0.6) is 0 Å². The number of hydrogen-bond acceptors (Lipinski definition) is 4. The quantitative estimate of drug-likeness (QED) is 0.325. The molecule has 1 N–H and O–H groups in total. The number of nitrogens with one attached hydrogen (secondary N) is 1. The monoisotopic (exact) mass is 453 g/mol. The normalized spacial score (nSPS) is 12.5. The van der Waals surface area contributed by atoms with Gasteiger partial charge in [-0.15, -0.1) is 0 Å². The van der Waals surface area contributed by atoms with Crippen molar-refractivity contribution in [2.24, 2.45) is 0 Å². The highest BCUT2D eigenvalue weighted by Crippen LogP contribution is 2.33. The van der Waals surface area contributed by atoms with Crippen molar-refractivity contribution in [3.05, 3.63) is 59.7 Å². The molecule has 0 radical (unpaired) electrons. The molecule has 1 unspecified atom stereocenters. The Labute approximate surface area is 192 Å². The number of hydrogen-bond donors (Lipinski definition) is 1. The molecule has 1 atom stereocenters. The Kier molecular flexibility index (Phi) is 7.13. The summed E-state index contributed by atoms with van der Waals surface area (Å²) in [6.45, 7) is 6.82. The van der Waals surface area contributed by atoms with Crippen molar-refractivity contribution in [1.29, 1.82) is 0 Å². The van der Waals surface area contributed by atoms with Crippen molar-refractivity contribution in [2.75, 3.05) is 6.61 Å². The average Bonchev–Trinajstić information content (AvgIpc) is 3.44. The standard InChI is InChI=1S/C25H29F2N5O/c1-4-6-7-18(33-10-5-2)14-21-24(30-22-11-16(3)8-9-32(21)22)23-19(26)12-17(13-20(23)27)25-28-15-29-31-25/h8-9,11-13,15,18H,4-7,10,14H2,1-3H3,(H,28,29,31). The van der Waals surface area contributed by atoms with Gasteiger partial charge in [0.1, 0.15) is 23.6 Å². The number of imidazole rings is 1. The summed E-state index contributed by atoms with van der Waals surface area (Å²) in [6, 6.07) is 6.41. The van der Waals surface area contributed by atoms with Gasteiger partial charge in [0.15, 0.2) is 5.82 Å². The zero-order chi connectivity index (χ0) is 23.4. The third kappa shape index (κ3) is 4.95. The van der Waals surface area contributed by atoms with E-state index in [1.807, 2.05) is 29.7 Å². The van der Waals surface area contributed by atoms with Crippen LogP contribution >= 0.6 is 0 Å². The summed E-state index contributed by atoms with van der Waals surface area (Å²) in [5.74, 6) is -1.08. The Bertz CT molecular complexity index is 1190. The second-order valence-electron chi connectivity index (χ2n) is 8.33. The van der Waals surface area contributed by atoms with E-state index in [-0.39, 0.29) is 11.7 Å². The summed E-state index contributed by atoms with van der Waals surface area (Å²) >= 11 is 0. The largest absolute Gasteiger partial charge is 0.378 e. The lowest BCUT2D eigenvalue weighted by Crippen LogP contribution is -2.18. The number of aromatic nitrogens is 5. The first-order valence-electron chi connectivity index (χ1n) is 11.5. The van der Waals surface area contributed by atoms with E-state index >= 15 is 8.78 Å². The summed E-state index contributed by atoms with van der Waals surface area (Å²) in [4.78, 5) is 8.66. The molecule has 1 aromatic carbocycles. The molecule has 0 saturated heterocycles. The van der Waals surface area contributed by atoms with E-state index in [2.05, 4.69) is 34.0 Å². The first-order valence-corrected chi connectivity index (χ1v) is 11.5. The predicted octanol–water partition coefficient (Wildman–Crippen LogP) is 5.90. The number of pyridine rings is 1. The number of fused-ring (bicyclic) bond motifs is 1. The summed E-state index contributed by atoms with van der Waals surface area (Å²) in [5, 5.41) is 6.40. The molecule has 8 heteroatoms. The molecule has 174 valence electrons. The van der Waals surface area contributed by atoms with Crippen LogP contribution in [0.1, 0.15) is 50.8 Å². The van der Waals surface area contributed by atoms with Gasteiger partial charge < -0.3 is 9.14 Å². The highest BCUT2D eigenvalue weighted by molar-refractivity contribution is 5.71. The van der Waals surface area contributed by atoms with Crippen LogP contribution in [0.15, 0.2) is 36.8 Å². The molecule has 33 heavy (non-hydrogen) atoms. The second-order valence-corrected chi connectivity index (χ2v) is 8.33. The lowest BCUT2D eigenvalue weighted by Gasteiger charge is -2.18. The summed E-state index contributed by atoms with van der Waals surface area (Å²) in [5.41, 5.74) is 2.88. The smallest absolute Gasteiger partial charge is 0.155 e. The first kappa shape index (κ1) is 23.0. The summed E-state index contributed by atoms with van der Waals surface area (Å²) in [6.07, 6.45) is 7.54. The minimum atomic E-state index is -0.692. The fraction of sp³-hybridized carbons (Fsp3) is 0.400. The van der Waals surface area contributed by atoms with Gasteiger partial charge in [0, 0.05) is 24.8 Å². The molecule has 4 rings (SSSR count). The Balaban J connectivity index is 1.82. The fourth-order valence-corrected chi connectivity index (χ4v) is 4.05. The zero-order valence-electron chi connectivity index (χ0n) is 19.2. The number of H-pyrrole nitrogens is 1. The van der Waals surface area contributed by atoms with Gasteiger partial charge in [0.2, 0.25) is 0 Å². The van der Waals surface area contributed by atoms with Gasteiger partial charge in [-0.05, 0) is 49.6 Å². The third-order valence-electron chi connectivity index (χ3n) is 5.71. The van der Waals surface area contributed by atoms with Gasteiger partial charge >= 0.3 is 0 Å². The van der Waals surface area contributed by atoms with E-state index in [1.54, 1.807) is 0 Å². The molecule has 0 bridgehead atoms. The molecule has 0 amide bonds. The van der Waals surface area contributed by atoms with E-state index < -0.39 is 11.6 Å².